The van der Waals surface area contributed by atoms with Crippen LogP contribution >= 0.6 is 0 Å². The van der Waals surface area contributed by atoms with Gasteiger partial charge in [0.2, 0.25) is 0 Å². The molecule has 10 nitrogen and oxygen atoms in total. The fourth-order valence-electron chi connectivity index (χ4n) is 7.81. The second-order valence-corrected chi connectivity index (χ2v) is 16.3. The maximum Gasteiger partial charge on any atom is 1.00 e. The van der Waals surface area contributed by atoms with E-state index >= 15 is 0 Å². The third kappa shape index (κ3) is 7.59. The van der Waals surface area contributed by atoms with E-state index in [-0.39, 0.29) is 96.2 Å². The molecule has 0 unspecified atom stereocenters. The third-order valence-electron chi connectivity index (χ3n) is 10.3. The average Bonchev–Trinajstić information content (AvgIpc) is 3.11. The molecule has 13 heteroatoms. The first-order chi connectivity index (χ1) is 23.9. The summed E-state index contributed by atoms with van der Waals surface area (Å²) in [5.74, 6) is -0.680. The molecule has 0 amide bonds. The summed E-state index contributed by atoms with van der Waals surface area (Å²) in [6.45, 7) is 0. The number of rotatable bonds is 8. The molecule has 4 aromatic rings. The first-order valence-corrected chi connectivity index (χ1v) is 19.9. The Morgan fingerprint density at radius 2 is 0.863 bits per heavy atom. The molecule has 0 saturated heterocycles. The Morgan fingerprint density at radius 3 is 1.22 bits per heavy atom. The molecule has 3 aliphatic rings. The van der Waals surface area contributed by atoms with Crippen molar-refractivity contribution in [2.45, 2.75) is 85.8 Å². The topological polar surface area (TPSA) is 167 Å². The van der Waals surface area contributed by atoms with Crippen LogP contribution in [0.1, 0.15) is 119 Å². The zero-order valence-corrected chi connectivity index (χ0v) is 31.9. The van der Waals surface area contributed by atoms with Crippen molar-refractivity contribution in [2.75, 3.05) is 10.6 Å². The SMILES string of the molecule is O=C1c2ccccc2C(=O)c2c(Nc3ccc(C4CCCCC4)cc3S(=O)(=O)O)ccc(Nc3ccc(C4CCCCC4)cc3S(=O)(=O)O)c21.[Na+]. The summed E-state index contributed by atoms with van der Waals surface area (Å²) in [4.78, 5) is 27.6. The molecular formula is C38H38N2NaO8S2+. The number of carbonyl (C=O) groups excluding carboxylic acids is 2. The zero-order chi connectivity index (χ0) is 35.2. The van der Waals surface area contributed by atoms with Crippen LogP contribution in [0.4, 0.5) is 22.7 Å². The third-order valence-corrected chi connectivity index (χ3v) is 12.1. The van der Waals surface area contributed by atoms with Gasteiger partial charge in [-0.25, -0.2) is 0 Å². The van der Waals surface area contributed by atoms with E-state index in [0.717, 1.165) is 75.3 Å². The van der Waals surface area contributed by atoms with Gasteiger partial charge in [0.25, 0.3) is 20.2 Å². The Kier molecular flexibility index (Phi) is 11.0. The average molecular weight is 738 g/mol. The number of ketones is 2. The number of nitrogens with one attached hydrogen (secondary N) is 2. The Bertz CT molecular complexity index is 2090. The molecule has 3 aliphatic carbocycles. The van der Waals surface area contributed by atoms with Gasteiger partial charge >= 0.3 is 29.6 Å². The van der Waals surface area contributed by atoms with E-state index in [0.29, 0.717) is 0 Å². The number of hydrogen-bond acceptors (Lipinski definition) is 8. The molecule has 0 bridgehead atoms. The molecule has 0 spiro atoms. The van der Waals surface area contributed by atoms with Crippen LogP contribution in [0.2, 0.25) is 0 Å². The van der Waals surface area contributed by atoms with Crippen LogP contribution in [-0.4, -0.2) is 37.5 Å². The van der Waals surface area contributed by atoms with Crippen LogP contribution in [0.15, 0.2) is 82.6 Å². The summed E-state index contributed by atoms with van der Waals surface area (Å²) in [5, 5.41) is 6.03. The molecule has 2 saturated carbocycles. The summed E-state index contributed by atoms with van der Waals surface area (Å²) in [6, 6.07) is 19.0. The van der Waals surface area contributed by atoms with Gasteiger partial charge in [-0.3, -0.25) is 18.7 Å². The largest absolute Gasteiger partial charge is 1.00 e. The van der Waals surface area contributed by atoms with Crippen molar-refractivity contribution >= 4 is 54.6 Å². The van der Waals surface area contributed by atoms with Crippen LogP contribution < -0.4 is 40.2 Å². The Labute approximate surface area is 320 Å². The minimum absolute atomic E-state index is 0. The monoisotopic (exact) mass is 737 g/mol. The molecule has 0 aromatic heterocycles. The quantitative estimate of drug-likeness (QED) is 0.117. The minimum atomic E-state index is -4.70. The van der Waals surface area contributed by atoms with Gasteiger partial charge < -0.3 is 10.6 Å². The van der Waals surface area contributed by atoms with Gasteiger partial charge in [-0.2, -0.15) is 16.8 Å². The van der Waals surface area contributed by atoms with Gasteiger partial charge in [0.15, 0.2) is 11.6 Å². The maximum absolute atomic E-state index is 14.1. The van der Waals surface area contributed by atoms with Crippen LogP contribution in [0.25, 0.3) is 0 Å². The molecule has 0 heterocycles. The van der Waals surface area contributed by atoms with Gasteiger partial charge in [-0.1, -0.05) is 74.9 Å². The first kappa shape index (κ1) is 37.4. The zero-order valence-electron chi connectivity index (χ0n) is 28.3. The summed E-state index contributed by atoms with van der Waals surface area (Å²) < 4.78 is 71.2. The van der Waals surface area contributed by atoms with Gasteiger partial charge in [-0.15, -0.1) is 0 Å². The molecule has 51 heavy (non-hydrogen) atoms. The van der Waals surface area contributed by atoms with E-state index < -0.39 is 31.8 Å². The smallest absolute Gasteiger partial charge is 0.354 e. The Morgan fingerprint density at radius 1 is 0.510 bits per heavy atom. The minimum Gasteiger partial charge on any atom is -0.354 e. The number of fused-ring (bicyclic) bond motifs is 2. The second kappa shape index (κ2) is 14.9. The number of benzene rings is 4. The molecule has 7 rings (SSSR count). The van der Waals surface area contributed by atoms with Gasteiger partial charge in [0, 0.05) is 11.1 Å². The van der Waals surface area contributed by atoms with Crippen molar-refractivity contribution in [3.05, 3.63) is 106 Å². The standard InChI is InChI=1S/C38H38N2O8S2.Na/c41-37-27-13-7-8-14-28(27)38(42)36-32(40-30-18-16-26(22-34(30)50(46,47)48)24-11-5-2-6-12-24)20-19-31(35(36)37)39-29-17-15-25(21-33(29)49(43,44)45)23-9-3-1-4-10-23;/h7-8,13-24,39-40H,1-6,9-12H2,(H,43,44,45)(H,46,47,48);/q;+1. The molecule has 2 fully saturated rings. The van der Waals surface area contributed by atoms with Crippen molar-refractivity contribution in [1.82, 2.24) is 0 Å². The van der Waals surface area contributed by atoms with E-state index in [9.17, 15) is 35.5 Å². The predicted octanol–water partition coefficient (Wildman–Crippen LogP) is 5.54. The molecule has 0 atom stereocenters. The Hall–Kier alpha value is -3.36. The van der Waals surface area contributed by atoms with Crippen molar-refractivity contribution in [1.29, 1.82) is 0 Å². The van der Waals surface area contributed by atoms with Gasteiger partial charge in [0.1, 0.15) is 9.79 Å². The van der Waals surface area contributed by atoms with Crippen molar-refractivity contribution in [2.24, 2.45) is 0 Å². The number of anilines is 4. The van der Waals surface area contributed by atoms with Gasteiger partial charge in [-0.05, 0) is 85.0 Å². The number of carbonyl (C=O) groups is 2. The summed E-state index contributed by atoms with van der Waals surface area (Å²) in [5.41, 5.74) is 2.11. The predicted molar refractivity (Wildman–Crippen MR) is 190 cm³/mol. The molecule has 0 radical (unpaired) electrons. The van der Waals surface area contributed by atoms with Crippen molar-refractivity contribution < 1.29 is 65.1 Å². The van der Waals surface area contributed by atoms with E-state index in [4.69, 9.17) is 0 Å². The van der Waals surface area contributed by atoms with Crippen LogP contribution in [0.5, 0.6) is 0 Å². The summed E-state index contributed by atoms with van der Waals surface area (Å²) in [6.07, 6.45) is 10.0. The van der Waals surface area contributed by atoms with Crippen LogP contribution in [0, 0.1) is 0 Å². The van der Waals surface area contributed by atoms with Crippen molar-refractivity contribution in [3.63, 3.8) is 0 Å². The molecule has 4 aromatic carbocycles. The van der Waals surface area contributed by atoms with E-state index in [1.54, 1.807) is 24.3 Å². The van der Waals surface area contributed by atoms with Crippen molar-refractivity contribution in [3.8, 4) is 0 Å². The Balaban J connectivity index is 0.00000448. The summed E-state index contributed by atoms with van der Waals surface area (Å²) in [7, 11) is -9.39. The fraction of sp³-hybridized carbons (Fsp3) is 0.316. The first-order valence-electron chi connectivity index (χ1n) is 17.0. The van der Waals surface area contributed by atoms with Gasteiger partial charge in [0.05, 0.1) is 33.9 Å². The summed E-state index contributed by atoms with van der Waals surface area (Å²) >= 11 is 0. The van der Waals surface area contributed by atoms with Crippen LogP contribution in [0.3, 0.4) is 0 Å². The van der Waals surface area contributed by atoms with E-state index in [1.165, 1.54) is 36.4 Å². The van der Waals surface area contributed by atoms with E-state index in [1.807, 2.05) is 12.1 Å². The fourth-order valence-corrected chi connectivity index (χ4v) is 9.18. The number of hydrogen-bond donors (Lipinski definition) is 4. The molecule has 4 N–H and O–H groups in total. The van der Waals surface area contributed by atoms with E-state index in [2.05, 4.69) is 10.6 Å². The van der Waals surface area contributed by atoms with Crippen LogP contribution in [-0.2, 0) is 20.2 Å². The maximum atomic E-state index is 14.1. The molecular weight excluding hydrogens is 700 g/mol. The molecule has 0 aliphatic heterocycles. The second-order valence-electron chi connectivity index (χ2n) is 13.5. The normalized spacial score (nSPS) is 16.9. The molecule has 260 valence electrons.